The molecule has 0 spiro atoms. The molecule has 402 valence electrons. The Hall–Kier alpha value is -9.66. The maximum absolute atomic E-state index is 13.4. The number of aromatic nitrogens is 8. The smallest absolute Gasteiger partial charge is 0.359 e. The van der Waals surface area contributed by atoms with Gasteiger partial charge in [0.15, 0.2) is 0 Å². The average Bonchev–Trinajstić information content (AvgIpc) is 4.35. The monoisotopic (exact) mass is 1070 g/mol. The third-order valence-corrected chi connectivity index (χ3v) is 13.2. The molecule has 0 radical (unpaired) electrons. The zero-order valence-electron chi connectivity index (χ0n) is 42.8. The van der Waals surface area contributed by atoms with Crippen LogP contribution in [0, 0.1) is 5.82 Å². The summed E-state index contributed by atoms with van der Waals surface area (Å²) in [5.74, 6) is 2.66. The quantitative estimate of drug-likeness (QED) is 0.111. The number of ether oxygens (including phenoxy) is 3. The molecule has 3 aliphatic rings. The Labute approximate surface area is 453 Å². The highest BCUT2D eigenvalue weighted by Crippen LogP contribution is 2.32. The molecule has 3 aliphatic heterocycles. The van der Waals surface area contributed by atoms with E-state index in [-0.39, 0.29) is 53.5 Å². The van der Waals surface area contributed by atoms with Gasteiger partial charge in [-0.3, -0.25) is 24.4 Å². The van der Waals surface area contributed by atoms with Crippen LogP contribution in [0.2, 0.25) is 0 Å². The summed E-state index contributed by atoms with van der Waals surface area (Å²) < 4.78 is 46.2. The molecule has 3 saturated heterocycles. The van der Waals surface area contributed by atoms with Gasteiger partial charge in [0, 0.05) is 75.2 Å². The molecule has 0 saturated carbocycles. The molecule has 3 atom stereocenters. The third-order valence-electron chi connectivity index (χ3n) is 13.2. The summed E-state index contributed by atoms with van der Waals surface area (Å²) in [6.07, 6.45) is 11.7. The number of likely N-dealkylation sites (tertiary alicyclic amines) is 3. The van der Waals surface area contributed by atoms with Crippen molar-refractivity contribution >= 4 is 17.7 Å². The minimum absolute atomic E-state index is 0.00243. The number of nitrogens with zero attached hydrogens (tertiary/aromatic N) is 11. The molecule has 5 aromatic heterocycles. The molecule has 0 bridgehead atoms. The summed E-state index contributed by atoms with van der Waals surface area (Å²) in [6, 6.07) is 41.0. The molecule has 0 N–H and O–H groups in total. The molecule has 21 heteroatoms. The van der Waals surface area contributed by atoms with Gasteiger partial charge in [0.1, 0.15) is 23.1 Å². The number of halogens is 1. The van der Waals surface area contributed by atoms with E-state index in [1.807, 2.05) is 88.7 Å². The van der Waals surface area contributed by atoms with Gasteiger partial charge in [0.05, 0.1) is 23.3 Å². The number of para-hydroxylation sites is 3. The molecular formula is C58H54FN11O9. The normalized spacial score (nSPS) is 17.0. The van der Waals surface area contributed by atoms with E-state index in [4.69, 9.17) is 27.8 Å². The van der Waals surface area contributed by atoms with Crippen LogP contribution in [0.5, 0.6) is 35.3 Å². The van der Waals surface area contributed by atoms with E-state index in [9.17, 15) is 18.8 Å². The molecule has 4 aromatic carbocycles. The van der Waals surface area contributed by atoms with Crippen molar-refractivity contribution in [2.75, 3.05) is 39.3 Å². The average molecular weight is 1070 g/mol. The standard InChI is InChI=1S/C20H18FN3O3.2C19H18N4O3/c21-16-8-4-6-14(12-16)19(25)24-11-5-7-15(13-24)18-22-20(23-27-18)26-17-9-2-1-3-10-17;24-18(14-6-4-10-20-12-14)23-11-5-7-15(13-23)17-21-19(22-26-17)25-16-8-2-1-3-9-16;24-18(14-8-10-20-11-9-14)23-12-4-5-15(13-23)17-21-19(22-26-17)25-16-6-2-1-3-7-16/h1-4,6,8-10,12,15H,5,7,11,13H2;1-4,6,8-10,12,15H,5,7,11,13H2;1-3,6-11,15H,4-5,12-13H2/t3*15-/m000/s1. The van der Waals surface area contributed by atoms with Crippen LogP contribution in [0.3, 0.4) is 0 Å². The summed E-state index contributed by atoms with van der Waals surface area (Å²) in [5.41, 5.74) is 1.57. The van der Waals surface area contributed by atoms with E-state index in [0.29, 0.717) is 84.3 Å². The van der Waals surface area contributed by atoms with Gasteiger partial charge < -0.3 is 42.5 Å². The van der Waals surface area contributed by atoms with Crippen LogP contribution in [-0.4, -0.2) is 112 Å². The first-order valence-electron chi connectivity index (χ1n) is 25.9. The number of pyridine rings is 2. The molecule has 0 unspecified atom stereocenters. The van der Waals surface area contributed by atoms with Gasteiger partial charge in [-0.25, -0.2) is 4.39 Å². The van der Waals surface area contributed by atoms with Crippen molar-refractivity contribution in [1.29, 1.82) is 0 Å². The summed E-state index contributed by atoms with van der Waals surface area (Å²) in [6.45, 7) is 3.59. The Morgan fingerprint density at radius 1 is 0.443 bits per heavy atom. The van der Waals surface area contributed by atoms with E-state index >= 15 is 0 Å². The molecule has 3 fully saturated rings. The van der Waals surface area contributed by atoms with Gasteiger partial charge in [0.2, 0.25) is 17.7 Å². The number of benzene rings is 4. The summed E-state index contributed by atoms with van der Waals surface area (Å²) in [5, 5.41) is 11.7. The van der Waals surface area contributed by atoms with Crippen molar-refractivity contribution in [3.8, 4) is 35.3 Å². The fourth-order valence-electron chi connectivity index (χ4n) is 9.31. The zero-order chi connectivity index (χ0) is 54.2. The maximum Gasteiger partial charge on any atom is 0.359 e. The van der Waals surface area contributed by atoms with Crippen LogP contribution in [-0.2, 0) is 0 Å². The van der Waals surface area contributed by atoms with Crippen molar-refractivity contribution in [3.63, 3.8) is 0 Å². The van der Waals surface area contributed by atoms with E-state index in [1.165, 1.54) is 18.2 Å². The lowest BCUT2D eigenvalue weighted by Gasteiger charge is -2.31. The summed E-state index contributed by atoms with van der Waals surface area (Å²) >= 11 is 0. The van der Waals surface area contributed by atoms with Gasteiger partial charge in [-0.05, 0) is 133 Å². The van der Waals surface area contributed by atoms with E-state index in [2.05, 4.69) is 40.4 Å². The van der Waals surface area contributed by atoms with Crippen LogP contribution < -0.4 is 14.2 Å². The highest BCUT2D eigenvalue weighted by molar-refractivity contribution is 5.95. The zero-order valence-corrected chi connectivity index (χ0v) is 42.8. The van der Waals surface area contributed by atoms with E-state index < -0.39 is 5.82 Å². The SMILES string of the molecule is O=C(c1cccc(F)c1)N1CCC[C@H](c2nc(Oc3ccccc3)no2)C1.O=C(c1cccnc1)N1CCC[C@H](c2nc(Oc3ccccc3)no2)C1.O=C(c1ccncc1)N1CCC[C@H](c2nc(Oc3ccccc3)no2)C1. The van der Waals surface area contributed by atoms with Crippen LogP contribution >= 0.6 is 0 Å². The van der Waals surface area contributed by atoms with Crippen LogP contribution in [0.15, 0.2) is 178 Å². The number of amides is 3. The van der Waals surface area contributed by atoms with Crippen molar-refractivity contribution in [1.82, 2.24) is 55.1 Å². The number of hydrogen-bond donors (Lipinski definition) is 0. The highest BCUT2D eigenvalue weighted by Gasteiger charge is 2.32. The molecule has 3 amide bonds. The minimum atomic E-state index is -0.422. The lowest BCUT2D eigenvalue weighted by Crippen LogP contribution is -2.39. The van der Waals surface area contributed by atoms with Gasteiger partial charge in [-0.1, -0.05) is 60.7 Å². The first-order chi connectivity index (χ1) is 38.8. The van der Waals surface area contributed by atoms with Gasteiger partial charge in [-0.15, -0.1) is 0 Å². The second-order valence-corrected chi connectivity index (χ2v) is 18.7. The highest BCUT2D eigenvalue weighted by atomic mass is 19.1. The number of piperidine rings is 3. The lowest BCUT2D eigenvalue weighted by molar-refractivity contribution is 0.0688. The van der Waals surface area contributed by atoms with Crippen molar-refractivity contribution in [2.45, 2.75) is 56.3 Å². The predicted octanol–water partition coefficient (Wildman–Crippen LogP) is 10.6. The Kier molecular flexibility index (Phi) is 17.3. The third kappa shape index (κ3) is 14.2. The van der Waals surface area contributed by atoms with E-state index in [0.717, 1.165) is 45.1 Å². The fourth-order valence-corrected chi connectivity index (χ4v) is 9.31. The van der Waals surface area contributed by atoms with Gasteiger partial charge >= 0.3 is 18.0 Å². The number of rotatable bonds is 12. The Bertz CT molecular complexity index is 3230. The molecule has 12 rings (SSSR count). The number of hydrogen-bond acceptors (Lipinski definition) is 17. The topological polar surface area (TPSA) is 231 Å². The first kappa shape index (κ1) is 52.8. The molecular weight excluding hydrogens is 1010 g/mol. The second kappa shape index (κ2) is 25.9. The van der Waals surface area contributed by atoms with Crippen molar-refractivity contribution in [2.24, 2.45) is 0 Å². The Morgan fingerprint density at radius 2 is 0.848 bits per heavy atom. The predicted molar refractivity (Wildman–Crippen MR) is 281 cm³/mol. The fraction of sp³-hybridized carbons (Fsp3) is 0.259. The maximum atomic E-state index is 13.4. The second-order valence-electron chi connectivity index (χ2n) is 18.7. The molecule has 79 heavy (non-hydrogen) atoms. The van der Waals surface area contributed by atoms with Crippen LogP contribution in [0.1, 0.15) is 105 Å². The largest absolute Gasteiger partial charge is 0.422 e. The van der Waals surface area contributed by atoms with Crippen molar-refractivity contribution in [3.05, 3.63) is 204 Å². The Balaban J connectivity index is 0.000000134. The number of carbonyl (C=O) groups is 3. The molecule has 8 heterocycles. The Morgan fingerprint density at radius 3 is 1.25 bits per heavy atom. The van der Waals surface area contributed by atoms with Gasteiger partial charge in [-0.2, -0.15) is 15.0 Å². The minimum Gasteiger partial charge on any atom is -0.422 e. The van der Waals surface area contributed by atoms with E-state index in [1.54, 1.807) is 72.2 Å². The van der Waals surface area contributed by atoms with Crippen molar-refractivity contribution < 1.29 is 46.6 Å². The number of carbonyl (C=O) groups excluding carboxylic acids is 3. The first-order valence-corrected chi connectivity index (χ1v) is 25.9. The summed E-state index contributed by atoms with van der Waals surface area (Å²) in [4.78, 5) is 64.2. The lowest BCUT2D eigenvalue weighted by atomic mass is 9.97. The van der Waals surface area contributed by atoms with Gasteiger partial charge in [0.25, 0.3) is 17.7 Å². The molecule has 9 aromatic rings. The molecule has 0 aliphatic carbocycles. The van der Waals surface area contributed by atoms with Crippen LogP contribution in [0.25, 0.3) is 0 Å². The molecule has 20 nitrogen and oxygen atoms in total. The van der Waals surface area contributed by atoms with Crippen LogP contribution in [0.4, 0.5) is 4.39 Å². The summed E-state index contributed by atoms with van der Waals surface area (Å²) in [7, 11) is 0.